The van der Waals surface area contributed by atoms with Crippen LogP contribution in [0.3, 0.4) is 0 Å². The molecule has 0 unspecified atom stereocenters. The van der Waals surface area contributed by atoms with Gasteiger partial charge in [-0.25, -0.2) is 0 Å². The lowest BCUT2D eigenvalue weighted by Gasteiger charge is -2.34. The SMILES string of the molecule is CC[N+](CC)(CC)CC.ClOCl. The Labute approximate surface area is 86.3 Å². The van der Waals surface area contributed by atoms with E-state index in [1.54, 1.807) is 0 Å². The summed E-state index contributed by atoms with van der Waals surface area (Å²) < 4.78 is 4.47. The average Bonchev–Trinajstić information content (AvgIpc) is 2.11. The van der Waals surface area contributed by atoms with E-state index < -0.39 is 0 Å². The summed E-state index contributed by atoms with van der Waals surface area (Å²) in [7, 11) is 0. The number of nitrogens with zero attached hydrogens (tertiary/aromatic N) is 1. The highest BCUT2D eigenvalue weighted by Crippen LogP contribution is 2.03. The monoisotopic (exact) mass is 216 g/mol. The Balaban J connectivity index is 0. The zero-order chi connectivity index (χ0) is 10.0. The summed E-state index contributed by atoms with van der Waals surface area (Å²) >= 11 is 8.53. The van der Waals surface area contributed by atoms with Crippen LogP contribution in [0.4, 0.5) is 0 Å². The summed E-state index contributed by atoms with van der Waals surface area (Å²) in [6.45, 7) is 14.2. The Morgan fingerprint density at radius 2 is 1.00 bits per heavy atom. The molecule has 0 aromatic heterocycles. The van der Waals surface area contributed by atoms with Crippen LogP contribution in [0.1, 0.15) is 27.7 Å². The van der Waals surface area contributed by atoms with Crippen molar-refractivity contribution in [2.75, 3.05) is 26.2 Å². The molecule has 0 spiro atoms. The largest absolute Gasteiger partial charge is 0.325 e. The van der Waals surface area contributed by atoms with Gasteiger partial charge in [-0.3, -0.25) is 0 Å². The minimum Gasteiger partial charge on any atom is -0.325 e. The van der Waals surface area contributed by atoms with Crippen molar-refractivity contribution in [3.05, 3.63) is 0 Å². The highest BCUT2D eigenvalue weighted by molar-refractivity contribution is 6.24. The predicted octanol–water partition coefficient (Wildman–Crippen LogP) is 3.19. The molecular weight excluding hydrogens is 197 g/mol. The van der Waals surface area contributed by atoms with Crippen LogP contribution in [0.5, 0.6) is 0 Å². The molecule has 4 heteroatoms. The van der Waals surface area contributed by atoms with E-state index in [2.05, 4.69) is 55.3 Å². The third-order valence-corrected chi connectivity index (χ3v) is 2.68. The van der Waals surface area contributed by atoms with Crippen LogP contribution in [-0.2, 0) is 3.84 Å². The second-order valence-electron chi connectivity index (χ2n) is 2.66. The van der Waals surface area contributed by atoms with Crippen molar-refractivity contribution < 1.29 is 8.32 Å². The first-order chi connectivity index (χ1) is 5.66. The summed E-state index contributed by atoms with van der Waals surface area (Å²) in [5.41, 5.74) is 0. The van der Waals surface area contributed by atoms with E-state index in [-0.39, 0.29) is 0 Å². The molecule has 0 aliphatic rings. The molecule has 0 rings (SSSR count). The molecule has 0 bridgehead atoms. The summed E-state index contributed by atoms with van der Waals surface area (Å²) in [6, 6.07) is 0. The number of hydrogen-bond donors (Lipinski definition) is 0. The first-order valence-corrected chi connectivity index (χ1v) is 5.02. The molecule has 0 aliphatic carbocycles. The summed E-state index contributed by atoms with van der Waals surface area (Å²) in [5, 5.41) is 0. The van der Waals surface area contributed by atoms with E-state index in [1.165, 1.54) is 30.7 Å². The van der Waals surface area contributed by atoms with E-state index >= 15 is 0 Å². The lowest BCUT2D eigenvalue weighted by molar-refractivity contribution is -0.921. The van der Waals surface area contributed by atoms with Gasteiger partial charge in [0, 0.05) is 0 Å². The number of halogens is 2. The lowest BCUT2D eigenvalue weighted by Crippen LogP contribution is -2.47. The fourth-order valence-electron chi connectivity index (χ4n) is 1.34. The minimum absolute atomic E-state index is 1.28. The molecule has 0 aromatic rings. The average molecular weight is 217 g/mol. The van der Waals surface area contributed by atoms with Crippen LogP contribution in [-0.4, -0.2) is 30.7 Å². The van der Waals surface area contributed by atoms with Gasteiger partial charge in [0.25, 0.3) is 0 Å². The van der Waals surface area contributed by atoms with E-state index in [9.17, 15) is 0 Å². The van der Waals surface area contributed by atoms with E-state index in [1.807, 2.05) is 0 Å². The Hall–Kier alpha value is 0.500. The van der Waals surface area contributed by atoms with Gasteiger partial charge in [0.2, 0.25) is 0 Å². The Morgan fingerprint density at radius 1 is 0.833 bits per heavy atom. The fraction of sp³-hybridized carbons (Fsp3) is 1.00. The minimum atomic E-state index is 1.28. The Bertz CT molecular complexity index is 69.6. The molecule has 0 aliphatic heterocycles. The molecule has 12 heavy (non-hydrogen) atoms. The molecular formula is C8H20Cl2NO+. The second kappa shape index (κ2) is 9.59. The molecule has 0 N–H and O–H groups in total. The van der Waals surface area contributed by atoms with Gasteiger partial charge < -0.3 is 4.48 Å². The Morgan fingerprint density at radius 3 is 1.00 bits per heavy atom. The fourth-order valence-corrected chi connectivity index (χ4v) is 1.34. The van der Waals surface area contributed by atoms with Gasteiger partial charge in [-0.05, 0) is 27.7 Å². The van der Waals surface area contributed by atoms with Gasteiger partial charge in [-0.15, -0.1) is 0 Å². The maximum absolute atomic E-state index is 4.26. The van der Waals surface area contributed by atoms with Crippen LogP contribution in [0.2, 0.25) is 0 Å². The molecule has 2 nitrogen and oxygen atoms in total. The van der Waals surface area contributed by atoms with Gasteiger partial charge in [0.05, 0.1) is 49.9 Å². The van der Waals surface area contributed by atoms with Crippen molar-refractivity contribution in [2.24, 2.45) is 0 Å². The topological polar surface area (TPSA) is 9.23 Å². The van der Waals surface area contributed by atoms with Crippen molar-refractivity contribution in [3.8, 4) is 0 Å². The lowest BCUT2D eigenvalue weighted by atomic mass is 10.3. The van der Waals surface area contributed by atoms with Gasteiger partial charge in [0.1, 0.15) is 0 Å². The summed E-state index contributed by atoms with van der Waals surface area (Å²) in [6.07, 6.45) is 0. The van der Waals surface area contributed by atoms with Crippen LogP contribution in [0.15, 0.2) is 0 Å². The molecule has 0 aromatic carbocycles. The number of hydrogen-bond acceptors (Lipinski definition) is 1. The van der Waals surface area contributed by atoms with Crippen molar-refractivity contribution in [1.29, 1.82) is 0 Å². The Kier molecular flexibility index (Phi) is 12.0. The standard InChI is InChI=1S/C8H20N.Cl2O/c1-5-9(6-2,7-3)8-4;1-3-2/h5-8H2,1-4H3;/q+1;. The van der Waals surface area contributed by atoms with E-state index in [0.29, 0.717) is 0 Å². The quantitative estimate of drug-likeness (QED) is 0.657. The normalized spacial score (nSPS) is 10.5. The van der Waals surface area contributed by atoms with Crippen LogP contribution < -0.4 is 0 Å². The van der Waals surface area contributed by atoms with Crippen LogP contribution >= 0.6 is 23.7 Å². The molecule has 0 amide bonds. The number of quaternary nitrogens is 1. The van der Waals surface area contributed by atoms with Gasteiger partial charge in [0.15, 0.2) is 0 Å². The zero-order valence-electron chi connectivity index (χ0n) is 8.44. The van der Waals surface area contributed by atoms with Gasteiger partial charge >= 0.3 is 0 Å². The van der Waals surface area contributed by atoms with E-state index in [0.717, 1.165) is 0 Å². The van der Waals surface area contributed by atoms with E-state index in [4.69, 9.17) is 0 Å². The van der Waals surface area contributed by atoms with Crippen LogP contribution in [0.25, 0.3) is 0 Å². The second-order valence-corrected chi connectivity index (χ2v) is 3.13. The highest BCUT2D eigenvalue weighted by Gasteiger charge is 2.16. The highest BCUT2D eigenvalue weighted by atomic mass is 35.6. The third-order valence-electron chi connectivity index (χ3n) is 2.68. The molecule has 76 valence electrons. The van der Waals surface area contributed by atoms with Crippen molar-refractivity contribution in [1.82, 2.24) is 0 Å². The van der Waals surface area contributed by atoms with Crippen LogP contribution in [0, 0.1) is 0 Å². The first-order valence-electron chi connectivity index (χ1n) is 4.40. The molecule has 0 atom stereocenters. The third kappa shape index (κ3) is 6.06. The van der Waals surface area contributed by atoms with Gasteiger partial charge in [-0.1, -0.05) is 0 Å². The van der Waals surface area contributed by atoms with Gasteiger partial charge in [-0.2, -0.15) is 3.84 Å². The maximum atomic E-state index is 4.26. The molecule has 0 radical (unpaired) electrons. The summed E-state index contributed by atoms with van der Waals surface area (Å²) in [4.78, 5) is 0. The molecule has 0 saturated heterocycles. The maximum Gasteiger partial charge on any atom is 0.0832 e. The van der Waals surface area contributed by atoms with Crippen molar-refractivity contribution in [2.45, 2.75) is 27.7 Å². The predicted molar refractivity (Wildman–Crippen MR) is 55.2 cm³/mol. The van der Waals surface area contributed by atoms with Crippen molar-refractivity contribution >= 4 is 23.7 Å². The molecule has 0 heterocycles. The zero-order valence-corrected chi connectivity index (χ0v) is 9.95. The molecule has 0 fully saturated rings. The summed E-state index contributed by atoms with van der Waals surface area (Å²) in [5.74, 6) is 0. The number of rotatable bonds is 4. The smallest absolute Gasteiger partial charge is 0.0832 e. The molecule has 0 saturated carbocycles. The van der Waals surface area contributed by atoms with Crippen molar-refractivity contribution in [3.63, 3.8) is 0 Å². The first kappa shape index (κ1) is 15.0.